The van der Waals surface area contributed by atoms with E-state index in [1.807, 2.05) is 6.20 Å². The normalized spacial score (nSPS) is 18.7. The van der Waals surface area contributed by atoms with Crippen LogP contribution in [0.15, 0.2) is 24.4 Å². The fourth-order valence-electron chi connectivity index (χ4n) is 4.40. The molecule has 2 aliphatic rings. The Morgan fingerprint density at radius 1 is 1.30 bits per heavy atom. The lowest BCUT2D eigenvalue weighted by Gasteiger charge is -2.40. The Bertz CT molecular complexity index is 873. The number of aromatic nitrogens is 3. The van der Waals surface area contributed by atoms with Gasteiger partial charge in [0, 0.05) is 12.3 Å². The molecule has 1 unspecified atom stereocenters. The molecule has 1 aliphatic carbocycles. The number of ether oxygens (including phenoxy) is 2. The van der Waals surface area contributed by atoms with Crippen LogP contribution in [0.4, 0.5) is 0 Å². The van der Waals surface area contributed by atoms with E-state index < -0.39 is 6.10 Å². The maximum absolute atomic E-state index is 12.6. The van der Waals surface area contributed by atoms with Crippen molar-refractivity contribution < 1.29 is 19.4 Å². The van der Waals surface area contributed by atoms with E-state index >= 15 is 0 Å². The van der Waals surface area contributed by atoms with E-state index in [4.69, 9.17) is 9.47 Å². The second-order valence-corrected chi connectivity index (χ2v) is 8.60. The van der Waals surface area contributed by atoms with Crippen LogP contribution >= 0.6 is 0 Å². The van der Waals surface area contributed by atoms with Crippen LogP contribution in [0.3, 0.4) is 0 Å². The van der Waals surface area contributed by atoms with Gasteiger partial charge in [0.1, 0.15) is 29.8 Å². The number of nitrogens with zero attached hydrogens (tertiary/aromatic N) is 3. The van der Waals surface area contributed by atoms with Crippen LogP contribution in [-0.4, -0.2) is 44.2 Å². The molecule has 0 amide bonds. The van der Waals surface area contributed by atoms with Crippen LogP contribution in [0.5, 0.6) is 11.5 Å². The van der Waals surface area contributed by atoms with Gasteiger partial charge in [-0.05, 0) is 50.7 Å². The number of Topliss-reactive ketones (excluding diaryl/α,β-unsaturated/α-hetero) is 1. The molecule has 1 atom stereocenters. The van der Waals surface area contributed by atoms with Crippen LogP contribution < -0.4 is 9.47 Å². The first kappa shape index (κ1) is 20.8. The number of carbonyl (C=O) groups is 1. The molecule has 4 rings (SSSR count). The van der Waals surface area contributed by atoms with Crippen molar-refractivity contribution in [2.24, 2.45) is 0 Å². The molecule has 2 aromatic rings. The Hall–Kier alpha value is -2.41. The molecule has 30 heavy (non-hydrogen) atoms. The van der Waals surface area contributed by atoms with Gasteiger partial charge >= 0.3 is 0 Å². The van der Waals surface area contributed by atoms with Gasteiger partial charge in [-0.15, -0.1) is 5.10 Å². The summed E-state index contributed by atoms with van der Waals surface area (Å²) in [5, 5.41) is 18.5. The summed E-state index contributed by atoms with van der Waals surface area (Å²) in [4.78, 5) is 12.6. The third-order valence-corrected chi connectivity index (χ3v) is 6.04. The van der Waals surface area contributed by atoms with Crippen molar-refractivity contribution >= 4 is 5.78 Å². The summed E-state index contributed by atoms with van der Waals surface area (Å²) in [6.07, 6.45) is 10.0. The SMILES string of the molecule is CCCCc1cn(CC(O)COc2ccc3c(c2)OC2(CCCCC2)CC3=O)nn1. The van der Waals surface area contributed by atoms with Gasteiger partial charge < -0.3 is 14.6 Å². The van der Waals surface area contributed by atoms with E-state index in [0.717, 1.165) is 50.6 Å². The standard InChI is InChI=1S/C23H31N3O4/c1-2-3-7-17-14-26(25-24-17)15-18(27)16-29-19-8-9-20-21(28)13-23(30-22(20)12-19)10-5-4-6-11-23/h8-9,12,14,18,27H,2-7,10-11,13,15-16H2,1H3. The highest BCUT2D eigenvalue weighted by molar-refractivity contribution is 6.00. The monoisotopic (exact) mass is 413 g/mol. The second-order valence-electron chi connectivity index (χ2n) is 8.60. The van der Waals surface area contributed by atoms with Crippen LogP contribution in [-0.2, 0) is 13.0 Å². The number of rotatable bonds is 8. The molecule has 2 heterocycles. The Morgan fingerprint density at radius 3 is 2.93 bits per heavy atom. The van der Waals surface area contributed by atoms with E-state index in [-0.39, 0.29) is 18.0 Å². The topological polar surface area (TPSA) is 86.5 Å². The zero-order chi connectivity index (χ0) is 21.0. The van der Waals surface area contributed by atoms with Crippen molar-refractivity contribution in [1.82, 2.24) is 15.0 Å². The van der Waals surface area contributed by atoms with E-state index in [0.29, 0.717) is 30.0 Å². The lowest BCUT2D eigenvalue weighted by atomic mass is 9.78. The van der Waals surface area contributed by atoms with Gasteiger partial charge in [-0.2, -0.15) is 0 Å². The van der Waals surface area contributed by atoms with Crippen molar-refractivity contribution in [3.8, 4) is 11.5 Å². The summed E-state index contributed by atoms with van der Waals surface area (Å²) in [6, 6.07) is 5.32. The van der Waals surface area contributed by atoms with Crippen molar-refractivity contribution in [3.05, 3.63) is 35.7 Å². The van der Waals surface area contributed by atoms with Crippen LogP contribution in [0, 0.1) is 0 Å². The summed E-state index contributed by atoms with van der Waals surface area (Å²) in [7, 11) is 0. The molecule has 1 aromatic heterocycles. The number of hydrogen-bond acceptors (Lipinski definition) is 6. The summed E-state index contributed by atoms with van der Waals surface area (Å²) >= 11 is 0. The number of benzene rings is 1. The maximum atomic E-state index is 12.6. The number of fused-ring (bicyclic) bond motifs is 1. The molecule has 0 radical (unpaired) electrons. The van der Waals surface area contributed by atoms with Crippen molar-refractivity contribution in [2.45, 2.75) is 83.0 Å². The van der Waals surface area contributed by atoms with Crippen molar-refractivity contribution in [1.29, 1.82) is 0 Å². The second kappa shape index (κ2) is 9.16. The van der Waals surface area contributed by atoms with Gasteiger partial charge in [-0.3, -0.25) is 4.79 Å². The van der Waals surface area contributed by atoms with Gasteiger partial charge in [0.25, 0.3) is 0 Å². The molecular formula is C23H31N3O4. The highest BCUT2D eigenvalue weighted by atomic mass is 16.5. The number of ketones is 1. The fraction of sp³-hybridized carbons (Fsp3) is 0.609. The van der Waals surface area contributed by atoms with Gasteiger partial charge in [0.05, 0.1) is 24.2 Å². The molecule has 7 nitrogen and oxygen atoms in total. The molecule has 1 saturated carbocycles. The number of hydrogen-bond donors (Lipinski definition) is 1. The summed E-state index contributed by atoms with van der Waals surface area (Å²) in [5.74, 6) is 1.35. The molecular weight excluding hydrogens is 382 g/mol. The van der Waals surface area contributed by atoms with Crippen LogP contribution in [0.25, 0.3) is 0 Å². The third-order valence-electron chi connectivity index (χ3n) is 6.04. The molecule has 1 fully saturated rings. The average Bonchev–Trinajstić information content (AvgIpc) is 3.18. The predicted octanol–water partition coefficient (Wildman–Crippen LogP) is 3.73. The van der Waals surface area contributed by atoms with Gasteiger partial charge in [-0.1, -0.05) is 25.0 Å². The largest absolute Gasteiger partial charge is 0.491 e. The number of unbranched alkanes of at least 4 members (excludes halogenated alkanes) is 1. The molecule has 1 aromatic carbocycles. The molecule has 7 heteroatoms. The molecule has 162 valence electrons. The first-order chi connectivity index (χ1) is 14.6. The third kappa shape index (κ3) is 4.83. The zero-order valence-corrected chi connectivity index (χ0v) is 17.7. The number of aliphatic hydroxyl groups excluding tert-OH is 1. The van der Waals surface area contributed by atoms with E-state index in [9.17, 15) is 9.90 Å². The smallest absolute Gasteiger partial charge is 0.170 e. The minimum absolute atomic E-state index is 0.127. The minimum Gasteiger partial charge on any atom is -0.491 e. The van der Waals surface area contributed by atoms with Gasteiger partial charge in [-0.25, -0.2) is 4.68 Å². The summed E-state index contributed by atoms with van der Waals surface area (Å²) in [6.45, 7) is 2.59. The predicted molar refractivity (Wildman–Crippen MR) is 112 cm³/mol. The quantitative estimate of drug-likeness (QED) is 0.710. The van der Waals surface area contributed by atoms with Crippen LogP contribution in [0.1, 0.15) is 74.3 Å². The number of aliphatic hydroxyl groups is 1. The highest BCUT2D eigenvalue weighted by Crippen LogP contribution is 2.42. The Kier molecular flexibility index (Phi) is 6.37. The Morgan fingerprint density at radius 2 is 2.13 bits per heavy atom. The summed E-state index contributed by atoms with van der Waals surface area (Å²) in [5.41, 5.74) is 1.22. The minimum atomic E-state index is -0.714. The van der Waals surface area contributed by atoms with Gasteiger partial charge in [0.2, 0.25) is 0 Å². The molecule has 0 bridgehead atoms. The fourth-order valence-corrected chi connectivity index (χ4v) is 4.40. The first-order valence-electron chi connectivity index (χ1n) is 11.1. The molecule has 0 saturated heterocycles. The number of carbonyl (C=O) groups excluding carboxylic acids is 1. The highest BCUT2D eigenvalue weighted by Gasteiger charge is 2.41. The Labute approximate surface area is 177 Å². The average molecular weight is 414 g/mol. The lowest BCUT2D eigenvalue weighted by Crippen LogP contribution is -2.43. The van der Waals surface area contributed by atoms with Crippen molar-refractivity contribution in [2.75, 3.05) is 6.61 Å². The first-order valence-corrected chi connectivity index (χ1v) is 11.1. The molecule has 1 N–H and O–H groups in total. The van der Waals surface area contributed by atoms with E-state index in [1.54, 1.807) is 22.9 Å². The maximum Gasteiger partial charge on any atom is 0.170 e. The van der Waals surface area contributed by atoms with Gasteiger partial charge in [0.15, 0.2) is 5.78 Å². The van der Waals surface area contributed by atoms with E-state index in [2.05, 4.69) is 17.2 Å². The van der Waals surface area contributed by atoms with E-state index in [1.165, 1.54) is 6.42 Å². The zero-order valence-electron chi connectivity index (χ0n) is 17.7. The number of aryl methyl sites for hydroxylation is 1. The molecule has 1 aliphatic heterocycles. The molecule has 1 spiro atoms. The van der Waals surface area contributed by atoms with Crippen molar-refractivity contribution in [3.63, 3.8) is 0 Å². The van der Waals surface area contributed by atoms with Crippen LogP contribution in [0.2, 0.25) is 0 Å². The Balaban J connectivity index is 1.35. The lowest BCUT2D eigenvalue weighted by molar-refractivity contribution is 0.0132. The summed E-state index contributed by atoms with van der Waals surface area (Å²) < 4.78 is 13.8.